The molecule has 7 heteroatoms. The fourth-order valence-corrected chi connectivity index (χ4v) is 2.41. The van der Waals surface area contributed by atoms with Crippen LogP contribution in [0.25, 0.3) is 0 Å². The van der Waals surface area contributed by atoms with Crippen LogP contribution in [0.3, 0.4) is 0 Å². The SMILES string of the molecule is CC(C)CNS(=O)(=O)Nc1cc(Cl)ccc1C#N. The molecule has 0 aliphatic carbocycles. The number of nitriles is 1. The van der Waals surface area contributed by atoms with Crippen LogP contribution in [-0.2, 0) is 10.2 Å². The van der Waals surface area contributed by atoms with E-state index < -0.39 is 10.2 Å². The highest BCUT2D eigenvalue weighted by Crippen LogP contribution is 2.21. The Morgan fingerprint density at radius 1 is 1.44 bits per heavy atom. The molecule has 0 radical (unpaired) electrons. The van der Waals surface area contributed by atoms with Crippen molar-refractivity contribution in [1.29, 1.82) is 5.26 Å². The summed E-state index contributed by atoms with van der Waals surface area (Å²) in [6.07, 6.45) is 0. The van der Waals surface area contributed by atoms with Crippen molar-refractivity contribution in [3.05, 3.63) is 28.8 Å². The highest BCUT2D eigenvalue weighted by molar-refractivity contribution is 7.90. The maximum atomic E-state index is 11.7. The smallest absolute Gasteiger partial charge is 0.270 e. The van der Waals surface area contributed by atoms with Crippen LogP contribution in [0, 0.1) is 17.2 Å². The molecule has 0 heterocycles. The third-order valence-electron chi connectivity index (χ3n) is 2.03. The fourth-order valence-electron chi connectivity index (χ4n) is 1.16. The molecule has 98 valence electrons. The van der Waals surface area contributed by atoms with Crippen molar-refractivity contribution in [3.8, 4) is 6.07 Å². The van der Waals surface area contributed by atoms with Crippen LogP contribution >= 0.6 is 11.6 Å². The van der Waals surface area contributed by atoms with Gasteiger partial charge < -0.3 is 0 Å². The number of benzene rings is 1. The first kappa shape index (κ1) is 14.8. The van der Waals surface area contributed by atoms with Crippen LogP contribution in [0.2, 0.25) is 5.02 Å². The first-order valence-corrected chi connectivity index (χ1v) is 7.17. The molecule has 1 rings (SSSR count). The Hall–Kier alpha value is -1.29. The van der Waals surface area contributed by atoms with Gasteiger partial charge in [0.25, 0.3) is 10.2 Å². The molecule has 0 bridgehead atoms. The van der Waals surface area contributed by atoms with Gasteiger partial charge in [0.2, 0.25) is 0 Å². The minimum absolute atomic E-state index is 0.168. The topological polar surface area (TPSA) is 82.0 Å². The van der Waals surface area contributed by atoms with Gasteiger partial charge in [-0.25, -0.2) is 0 Å². The van der Waals surface area contributed by atoms with Crippen LogP contribution in [0.5, 0.6) is 0 Å². The number of rotatable bonds is 5. The van der Waals surface area contributed by atoms with Crippen molar-refractivity contribution in [1.82, 2.24) is 4.72 Å². The van der Waals surface area contributed by atoms with Gasteiger partial charge in [0.15, 0.2) is 0 Å². The molecular weight excluding hydrogens is 274 g/mol. The highest BCUT2D eigenvalue weighted by Gasteiger charge is 2.13. The normalized spacial score (nSPS) is 11.3. The molecule has 1 aromatic carbocycles. The molecule has 0 saturated heterocycles. The van der Waals surface area contributed by atoms with E-state index in [2.05, 4.69) is 9.44 Å². The summed E-state index contributed by atoms with van der Waals surface area (Å²) in [7, 11) is -3.69. The van der Waals surface area contributed by atoms with E-state index in [1.54, 1.807) is 0 Å². The predicted molar refractivity (Wildman–Crippen MR) is 71.6 cm³/mol. The second-order valence-electron chi connectivity index (χ2n) is 4.15. The van der Waals surface area contributed by atoms with Crippen molar-refractivity contribution in [3.63, 3.8) is 0 Å². The zero-order chi connectivity index (χ0) is 13.8. The molecule has 0 aromatic heterocycles. The van der Waals surface area contributed by atoms with Gasteiger partial charge in [-0.2, -0.15) is 18.4 Å². The van der Waals surface area contributed by atoms with Crippen LogP contribution in [-0.4, -0.2) is 15.0 Å². The van der Waals surface area contributed by atoms with Gasteiger partial charge in [0.05, 0.1) is 11.3 Å². The first-order valence-electron chi connectivity index (χ1n) is 5.31. The number of halogens is 1. The molecule has 0 unspecified atom stereocenters. The fraction of sp³-hybridized carbons (Fsp3) is 0.364. The average molecular weight is 288 g/mol. The number of hydrogen-bond donors (Lipinski definition) is 2. The Balaban J connectivity index is 2.90. The van der Waals surface area contributed by atoms with Crippen LogP contribution in [0.1, 0.15) is 19.4 Å². The van der Waals surface area contributed by atoms with Crippen molar-refractivity contribution in [2.45, 2.75) is 13.8 Å². The average Bonchev–Trinajstić information content (AvgIpc) is 2.26. The monoisotopic (exact) mass is 287 g/mol. The van der Waals surface area contributed by atoms with Crippen molar-refractivity contribution in [2.75, 3.05) is 11.3 Å². The molecule has 0 saturated carbocycles. The summed E-state index contributed by atoms with van der Waals surface area (Å²) >= 11 is 5.77. The van der Waals surface area contributed by atoms with E-state index in [1.807, 2.05) is 19.9 Å². The van der Waals surface area contributed by atoms with E-state index in [1.165, 1.54) is 18.2 Å². The standard InChI is InChI=1S/C11H14ClN3O2S/c1-8(2)7-14-18(16,17)15-11-5-10(12)4-3-9(11)6-13/h3-5,8,14-15H,7H2,1-2H3. The summed E-state index contributed by atoms with van der Waals surface area (Å²) in [4.78, 5) is 0. The van der Waals surface area contributed by atoms with E-state index in [0.29, 0.717) is 11.6 Å². The Morgan fingerprint density at radius 2 is 2.11 bits per heavy atom. The molecule has 0 aliphatic heterocycles. The van der Waals surface area contributed by atoms with Crippen LogP contribution < -0.4 is 9.44 Å². The van der Waals surface area contributed by atoms with Crippen molar-refractivity contribution in [2.24, 2.45) is 5.92 Å². The molecular formula is C11H14ClN3O2S. The largest absolute Gasteiger partial charge is 0.299 e. The second-order valence-corrected chi connectivity index (χ2v) is 6.09. The zero-order valence-corrected chi connectivity index (χ0v) is 11.6. The molecule has 5 nitrogen and oxygen atoms in total. The predicted octanol–water partition coefficient (Wildman–Crippen LogP) is 2.11. The number of hydrogen-bond acceptors (Lipinski definition) is 3. The Bertz CT molecular complexity index is 564. The summed E-state index contributed by atoms with van der Waals surface area (Å²) in [6, 6.07) is 6.28. The minimum Gasteiger partial charge on any atom is -0.270 e. The van der Waals surface area contributed by atoms with E-state index >= 15 is 0 Å². The first-order chi connectivity index (χ1) is 8.34. The minimum atomic E-state index is -3.69. The Labute approximate surface area is 112 Å². The zero-order valence-electron chi connectivity index (χ0n) is 10.1. The van der Waals surface area contributed by atoms with Crippen molar-refractivity contribution >= 4 is 27.5 Å². The lowest BCUT2D eigenvalue weighted by atomic mass is 10.2. The third-order valence-corrected chi connectivity index (χ3v) is 3.30. The van der Waals surface area contributed by atoms with E-state index in [9.17, 15) is 8.42 Å². The summed E-state index contributed by atoms with van der Waals surface area (Å²) in [5.41, 5.74) is 0.385. The van der Waals surface area contributed by atoms with Gasteiger partial charge in [0.1, 0.15) is 6.07 Å². The second kappa shape index (κ2) is 6.05. The Morgan fingerprint density at radius 3 is 2.67 bits per heavy atom. The van der Waals surface area contributed by atoms with Crippen molar-refractivity contribution < 1.29 is 8.42 Å². The summed E-state index contributed by atoms with van der Waals surface area (Å²) in [5.74, 6) is 0.191. The molecule has 0 fully saturated rings. The van der Waals surface area contributed by atoms with Crippen LogP contribution in [0.4, 0.5) is 5.69 Å². The number of nitrogens with one attached hydrogen (secondary N) is 2. The maximum Gasteiger partial charge on any atom is 0.299 e. The van der Waals surface area contributed by atoms with Gasteiger partial charge in [-0.15, -0.1) is 0 Å². The molecule has 0 atom stereocenters. The van der Waals surface area contributed by atoms with Crippen LogP contribution in [0.15, 0.2) is 18.2 Å². The van der Waals surface area contributed by atoms with Gasteiger partial charge >= 0.3 is 0 Å². The highest BCUT2D eigenvalue weighted by atomic mass is 35.5. The summed E-state index contributed by atoms with van der Waals surface area (Å²) in [5, 5.41) is 9.23. The molecule has 0 amide bonds. The Kier molecular flexibility index (Phi) is 4.96. The third kappa shape index (κ3) is 4.53. The molecule has 0 aliphatic rings. The van der Waals surface area contributed by atoms with Gasteiger partial charge in [-0.05, 0) is 24.1 Å². The summed E-state index contributed by atoms with van der Waals surface area (Å²) < 4.78 is 28.1. The lowest BCUT2D eigenvalue weighted by Crippen LogP contribution is -2.33. The quantitative estimate of drug-likeness (QED) is 0.870. The van der Waals surface area contributed by atoms with Gasteiger partial charge in [-0.1, -0.05) is 25.4 Å². The summed E-state index contributed by atoms with van der Waals surface area (Å²) in [6.45, 7) is 4.10. The molecule has 2 N–H and O–H groups in total. The van der Waals surface area contributed by atoms with Gasteiger partial charge in [-0.3, -0.25) is 4.72 Å². The van der Waals surface area contributed by atoms with E-state index in [0.717, 1.165) is 0 Å². The molecule has 0 spiro atoms. The van der Waals surface area contributed by atoms with Gasteiger partial charge in [0, 0.05) is 11.6 Å². The lowest BCUT2D eigenvalue weighted by molar-refractivity contribution is 0.565. The maximum absolute atomic E-state index is 11.7. The molecule has 18 heavy (non-hydrogen) atoms. The van der Waals surface area contributed by atoms with E-state index in [-0.39, 0.29) is 17.2 Å². The number of nitrogens with zero attached hydrogens (tertiary/aromatic N) is 1. The molecule has 1 aromatic rings. The van der Waals surface area contributed by atoms with E-state index in [4.69, 9.17) is 16.9 Å². The number of anilines is 1. The lowest BCUT2D eigenvalue weighted by Gasteiger charge is -2.12.